The Morgan fingerprint density at radius 2 is 1.83 bits per heavy atom. The molecule has 4 heterocycles. The lowest BCUT2D eigenvalue weighted by molar-refractivity contribution is -0.124. The lowest BCUT2D eigenvalue weighted by atomic mass is 9.73. The minimum absolute atomic E-state index is 0.0107. The normalized spacial score (nSPS) is 20.8. The molecule has 0 bridgehead atoms. The van der Waals surface area contributed by atoms with Crippen LogP contribution in [0.5, 0.6) is 0 Å². The van der Waals surface area contributed by atoms with E-state index >= 15 is 0 Å². The summed E-state index contributed by atoms with van der Waals surface area (Å²) >= 11 is 0. The van der Waals surface area contributed by atoms with Gasteiger partial charge in [-0.1, -0.05) is 36.4 Å². The summed E-state index contributed by atoms with van der Waals surface area (Å²) in [6.07, 6.45) is 13.8. The van der Waals surface area contributed by atoms with Crippen molar-refractivity contribution in [2.75, 3.05) is 18.0 Å². The topological polar surface area (TPSA) is 133 Å². The molecule has 2 fully saturated rings. The van der Waals surface area contributed by atoms with Gasteiger partial charge in [-0.3, -0.25) is 14.5 Å². The highest BCUT2D eigenvalue weighted by molar-refractivity contribution is 5.83. The average Bonchev–Trinajstić information content (AvgIpc) is 3.41. The van der Waals surface area contributed by atoms with Crippen LogP contribution in [-0.2, 0) is 24.8 Å². The number of aliphatic hydroxyl groups is 1. The van der Waals surface area contributed by atoms with Crippen LogP contribution in [0.25, 0.3) is 11.1 Å². The molecule has 46 heavy (non-hydrogen) atoms. The van der Waals surface area contributed by atoms with Gasteiger partial charge in [0.05, 0.1) is 30.1 Å². The van der Waals surface area contributed by atoms with E-state index in [1.54, 1.807) is 10.9 Å². The fourth-order valence-electron chi connectivity index (χ4n) is 6.92. The summed E-state index contributed by atoms with van der Waals surface area (Å²) in [5.74, 6) is 1.68. The molecule has 1 amide bonds. The summed E-state index contributed by atoms with van der Waals surface area (Å²) < 4.78 is 1.77. The third-order valence-electron chi connectivity index (χ3n) is 9.51. The fraction of sp³-hybridized carbons (Fsp3) is 0.444. The molecule has 1 aliphatic heterocycles. The molecule has 2 N–H and O–H groups in total. The maximum Gasteiger partial charge on any atom is 0.229 e. The summed E-state index contributed by atoms with van der Waals surface area (Å²) in [6, 6.07) is 16.3. The first-order valence-electron chi connectivity index (χ1n) is 16.4. The zero-order chi connectivity index (χ0) is 31.9. The lowest BCUT2D eigenvalue weighted by Crippen LogP contribution is -2.35. The molecule has 1 saturated carbocycles. The molecule has 10 heteroatoms. The van der Waals surface area contributed by atoms with Crippen LogP contribution >= 0.6 is 0 Å². The van der Waals surface area contributed by atoms with Crippen molar-refractivity contribution in [2.45, 2.75) is 69.9 Å². The zero-order valence-corrected chi connectivity index (χ0v) is 26.4. The molecule has 2 unspecified atom stereocenters. The molecule has 2 aliphatic rings. The van der Waals surface area contributed by atoms with E-state index in [-0.39, 0.29) is 23.8 Å². The largest absolute Gasteiger partial charge is 0.393 e. The van der Waals surface area contributed by atoms with Crippen molar-refractivity contribution < 1.29 is 9.90 Å². The highest BCUT2D eigenvalue weighted by Gasteiger charge is 2.34. The summed E-state index contributed by atoms with van der Waals surface area (Å²) in [5.41, 5.74) is 4.31. The van der Waals surface area contributed by atoms with Gasteiger partial charge < -0.3 is 15.3 Å². The first kappa shape index (κ1) is 31.4. The number of hydrogen-bond donors (Lipinski definition) is 2. The zero-order valence-electron chi connectivity index (χ0n) is 26.4. The summed E-state index contributed by atoms with van der Waals surface area (Å²) in [4.78, 5) is 30.2. The molecule has 10 nitrogen and oxygen atoms in total. The van der Waals surface area contributed by atoms with Crippen molar-refractivity contribution >= 4 is 11.7 Å². The Morgan fingerprint density at radius 3 is 2.54 bits per heavy atom. The molecular formula is C36H42N8O2. The molecule has 6 rings (SSSR count). The molecule has 1 saturated heterocycles. The van der Waals surface area contributed by atoms with Gasteiger partial charge in [0.25, 0.3) is 0 Å². The van der Waals surface area contributed by atoms with Gasteiger partial charge in [0, 0.05) is 56.6 Å². The number of aromatic nitrogens is 5. The van der Waals surface area contributed by atoms with Crippen LogP contribution in [0.2, 0.25) is 0 Å². The standard InChI is InChI=1S/C36H42N8O2/c1-43-24-30(23-41-43)28-13-14-32(38-21-28)34(36(46)40-20-26-6-3-2-4-7-26)27-11-9-25(10-12-27)18-33-39-22-29(19-37)35(42-33)44-16-5-8-31(45)15-17-44/h2-4,6-7,13-14,21-25,27,31,34,45H,5,8-12,15-18,20H2,1H3,(H,40,46). The van der Waals surface area contributed by atoms with Crippen molar-refractivity contribution in [2.24, 2.45) is 18.9 Å². The summed E-state index contributed by atoms with van der Waals surface area (Å²) in [7, 11) is 1.89. The van der Waals surface area contributed by atoms with Crippen molar-refractivity contribution in [1.29, 1.82) is 5.26 Å². The van der Waals surface area contributed by atoms with Crippen LogP contribution in [0.1, 0.15) is 73.5 Å². The average molecular weight is 619 g/mol. The quantitative estimate of drug-likeness (QED) is 0.270. The summed E-state index contributed by atoms with van der Waals surface area (Å²) in [5, 5.41) is 27.3. The Balaban J connectivity index is 1.14. The van der Waals surface area contributed by atoms with Gasteiger partial charge in [0.1, 0.15) is 23.3 Å². The second kappa shape index (κ2) is 14.6. The van der Waals surface area contributed by atoms with Gasteiger partial charge in [-0.05, 0) is 68.4 Å². The number of amides is 1. The smallest absolute Gasteiger partial charge is 0.229 e. The molecule has 238 valence electrons. The van der Waals surface area contributed by atoms with Crippen molar-refractivity contribution in [3.63, 3.8) is 0 Å². The first-order valence-corrected chi connectivity index (χ1v) is 16.4. The van der Waals surface area contributed by atoms with E-state index in [0.717, 1.165) is 79.7 Å². The Labute approximate surface area is 270 Å². The van der Waals surface area contributed by atoms with E-state index in [1.165, 1.54) is 0 Å². The fourth-order valence-corrected chi connectivity index (χ4v) is 6.92. The molecule has 1 aliphatic carbocycles. The van der Waals surface area contributed by atoms with E-state index in [1.807, 2.05) is 68.1 Å². The number of nitrogens with one attached hydrogen (secondary N) is 1. The number of nitriles is 1. The Kier molecular flexibility index (Phi) is 9.99. The lowest BCUT2D eigenvalue weighted by Gasteiger charge is -2.33. The minimum atomic E-state index is -0.344. The van der Waals surface area contributed by atoms with Gasteiger partial charge in [-0.2, -0.15) is 10.4 Å². The molecule has 3 aromatic heterocycles. The highest BCUT2D eigenvalue weighted by atomic mass is 16.3. The number of rotatable bonds is 9. The van der Waals surface area contributed by atoms with Crippen LogP contribution in [0.15, 0.2) is 67.3 Å². The van der Waals surface area contributed by atoms with Crippen molar-refractivity contribution in [3.05, 3.63) is 89.9 Å². The van der Waals surface area contributed by atoms with E-state index in [4.69, 9.17) is 9.97 Å². The van der Waals surface area contributed by atoms with Gasteiger partial charge >= 0.3 is 0 Å². The molecule has 4 aromatic rings. The van der Waals surface area contributed by atoms with Gasteiger partial charge in [-0.15, -0.1) is 0 Å². The first-order chi connectivity index (χ1) is 22.5. The summed E-state index contributed by atoms with van der Waals surface area (Å²) in [6.45, 7) is 1.94. The van der Waals surface area contributed by atoms with Crippen LogP contribution in [0.3, 0.4) is 0 Å². The number of nitrogens with zero attached hydrogens (tertiary/aromatic N) is 7. The number of benzene rings is 1. The molecule has 0 spiro atoms. The Bertz CT molecular complexity index is 1640. The molecular weight excluding hydrogens is 576 g/mol. The third kappa shape index (κ3) is 7.60. The van der Waals surface area contributed by atoms with Crippen LogP contribution < -0.4 is 10.2 Å². The Hall–Kier alpha value is -4.62. The minimum Gasteiger partial charge on any atom is -0.393 e. The molecule has 1 aromatic carbocycles. The number of carbonyl (C=O) groups is 1. The second-order valence-electron chi connectivity index (χ2n) is 12.7. The van der Waals surface area contributed by atoms with E-state index in [2.05, 4.69) is 26.4 Å². The Morgan fingerprint density at radius 1 is 1.00 bits per heavy atom. The highest BCUT2D eigenvalue weighted by Crippen LogP contribution is 2.39. The van der Waals surface area contributed by atoms with Crippen LogP contribution in [0, 0.1) is 23.2 Å². The predicted octanol–water partition coefficient (Wildman–Crippen LogP) is 4.94. The van der Waals surface area contributed by atoms with Crippen molar-refractivity contribution in [1.82, 2.24) is 30.0 Å². The van der Waals surface area contributed by atoms with Gasteiger partial charge in [0.15, 0.2) is 0 Å². The maximum atomic E-state index is 13.8. The number of carbonyl (C=O) groups excluding carboxylic acids is 1. The van der Waals surface area contributed by atoms with Gasteiger partial charge in [-0.25, -0.2) is 9.97 Å². The maximum absolute atomic E-state index is 13.8. The second-order valence-corrected chi connectivity index (χ2v) is 12.7. The van der Waals surface area contributed by atoms with E-state index in [9.17, 15) is 15.2 Å². The molecule has 2 atom stereocenters. The molecule has 0 radical (unpaired) electrons. The van der Waals surface area contributed by atoms with E-state index < -0.39 is 0 Å². The monoisotopic (exact) mass is 618 g/mol. The van der Waals surface area contributed by atoms with Gasteiger partial charge in [0.2, 0.25) is 5.91 Å². The predicted molar refractivity (Wildman–Crippen MR) is 175 cm³/mol. The number of pyridine rings is 1. The number of anilines is 1. The number of hydrogen-bond acceptors (Lipinski definition) is 8. The number of aryl methyl sites for hydroxylation is 1. The number of aliphatic hydroxyl groups excluding tert-OH is 1. The van der Waals surface area contributed by atoms with E-state index in [0.29, 0.717) is 36.8 Å². The van der Waals surface area contributed by atoms with Crippen LogP contribution in [-0.4, -0.2) is 54.9 Å². The SMILES string of the molecule is Cn1cc(-c2ccc(C(C(=O)NCc3ccccc3)C3CCC(Cc4ncc(C#N)c(N5CCCC(O)CC5)n4)CC3)nc2)cn1. The van der Waals surface area contributed by atoms with Crippen LogP contribution in [0.4, 0.5) is 5.82 Å². The van der Waals surface area contributed by atoms with Crippen molar-refractivity contribution in [3.8, 4) is 17.2 Å². The third-order valence-corrected chi connectivity index (χ3v) is 9.51.